The first-order chi connectivity index (χ1) is 15.0. The van der Waals surface area contributed by atoms with Crippen LogP contribution in [0.1, 0.15) is 49.2 Å². The first kappa shape index (κ1) is 21.1. The average Bonchev–Trinajstić information content (AvgIpc) is 3.41. The van der Waals surface area contributed by atoms with Crippen molar-refractivity contribution in [3.8, 4) is 11.5 Å². The van der Waals surface area contributed by atoms with Crippen LogP contribution in [0.4, 0.5) is 0 Å². The molecule has 3 aromatic rings. The van der Waals surface area contributed by atoms with Crippen molar-refractivity contribution in [3.63, 3.8) is 0 Å². The molecule has 3 aromatic heterocycles. The van der Waals surface area contributed by atoms with E-state index in [1.165, 1.54) is 10.7 Å². The van der Waals surface area contributed by atoms with Crippen LogP contribution in [0.3, 0.4) is 0 Å². The van der Waals surface area contributed by atoms with E-state index in [0.717, 1.165) is 36.3 Å². The lowest BCUT2D eigenvalue weighted by molar-refractivity contribution is -0.132. The van der Waals surface area contributed by atoms with Crippen LogP contribution >= 0.6 is 0 Å². The van der Waals surface area contributed by atoms with Gasteiger partial charge in [-0.15, -0.1) is 0 Å². The number of aromatic nitrogens is 4. The van der Waals surface area contributed by atoms with Crippen LogP contribution in [-0.2, 0) is 17.8 Å². The number of aryl methyl sites for hydroxylation is 2. The molecule has 0 N–H and O–H groups in total. The lowest BCUT2D eigenvalue weighted by Gasteiger charge is -2.33. The highest BCUT2D eigenvalue weighted by Crippen LogP contribution is 2.23. The number of carbonyl (C=O) groups is 1. The predicted molar refractivity (Wildman–Crippen MR) is 117 cm³/mol. The van der Waals surface area contributed by atoms with Gasteiger partial charge in [0.05, 0.1) is 18.0 Å². The fourth-order valence-electron chi connectivity index (χ4n) is 4.42. The number of rotatable bonds is 6. The van der Waals surface area contributed by atoms with Gasteiger partial charge in [-0.2, -0.15) is 10.2 Å². The quantitative estimate of drug-likeness (QED) is 0.608. The van der Waals surface area contributed by atoms with Crippen LogP contribution < -0.4 is 5.56 Å². The van der Waals surface area contributed by atoms with E-state index in [0.29, 0.717) is 37.4 Å². The predicted octanol–water partition coefficient (Wildman–Crippen LogP) is 3.13. The topological polar surface area (TPSA) is 86.2 Å². The summed E-state index contributed by atoms with van der Waals surface area (Å²) in [7, 11) is 0. The van der Waals surface area contributed by atoms with E-state index in [1.807, 2.05) is 22.6 Å². The smallest absolute Gasteiger partial charge is 0.267 e. The van der Waals surface area contributed by atoms with Gasteiger partial charge in [0.1, 0.15) is 5.69 Å². The molecule has 31 heavy (non-hydrogen) atoms. The summed E-state index contributed by atoms with van der Waals surface area (Å²) in [5.74, 6) is 0.735. The van der Waals surface area contributed by atoms with E-state index < -0.39 is 0 Å². The van der Waals surface area contributed by atoms with Crippen LogP contribution in [0.15, 0.2) is 39.7 Å². The van der Waals surface area contributed by atoms with Gasteiger partial charge in [0.2, 0.25) is 5.91 Å². The molecular formula is C23H29N5O3. The van der Waals surface area contributed by atoms with Crippen molar-refractivity contribution in [1.82, 2.24) is 24.5 Å². The van der Waals surface area contributed by atoms with Crippen molar-refractivity contribution in [2.45, 2.75) is 59.0 Å². The van der Waals surface area contributed by atoms with Crippen LogP contribution in [0.5, 0.6) is 0 Å². The molecule has 1 fully saturated rings. The monoisotopic (exact) mass is 423 g/mol. The summed E-state index contributed by atoms with van der Waals surface area (Å²) in [6.45, 7) is 8.17. The van der Waals surface area contributed by atoms with Crippen molar-refractivity contribution >= 4 is 5.91 Å². The number of amides is 1. The SMILES string of the molecule is CCn1nc(C)c(CCC(=O)N2CCCC(n3nc(-c4ccco4)ccc3=O)C2)c1C. The van der Waals surface area contributed by atoms with Crippen LogP contribution in [0, 0.1) is 13.8 Å². The highest BCUT2D eigenvalue weighted by molar-refractivity contribution is 5.76. The Morgan fingerprint density at radius 3 is 2.77 bits per heavy atom. The maximum atomic E-state index is 13.0. The normalized spacial score (nSPS) is 16.6. The molecule has 8 heteroatoms. The van der Waals surface area contributed by atoms with Crippen molar-refractivity contribution in [2.24, 2.45) is 0 Å². The number of hydrogen-bond acceptors (Lipinski definition) is 5. The highest BCUT2D eigenvalue weighted by Gasteiger charge is 2.26. The minimum absolute atomic E-state index is 0.114. The lowest BCUT2D eigenvalue weighted by atomic mass is 10.0. The second-order valence-corrected chi connectivity index (χ2v) is 8.08. The summed E-state index contributed by atoms with van der Waals surface area (Å²) in [5, 5.41) is 9.07. The van der Waals surface area contributed by atoms with Crippen molar-refractivity contribution in [1.29, 1.82) is 0 Å². The van der Waals surface area contributed by atoms with Crippen molar-refractivity contribution < 1.29 is 9.21 Å². The zero-order chi connectivity index (χ0) is 22.0. The fourth-order valence-corrected chi connectivity index (χ4v) is 4.42. The molecule has 4 rings (SSSR count). The Morgan fingerprint density at radius 1 is 1.23 bits per heavy atom. The average molecular weight is 424 g/mol. The van der Waals surface area contributed by atoms with Crippen molar-refractivity contribution in [3.05, 3.63) is 57.8 Å². The first-order valence-electron chi connectivity index (χ1n) is 10.9. The van der Waals surface area contributed by atoms with E-state index in [9.17, 15) is 9.59 Å². The maximum Gasteiger partial charge on any atom is 0.267 e. The molecule has 1 saturated heterocycles. The van der Waals surface area contributed by atoms with Gasteiger partial charge in [-0.1, -0.05) is 0 Å². The Hall–Kier alpha value is -3.16. The Morgan fingerprint density at radius 2 is 2.06 bits per heavy atom. The molecule has 1 aliphatic heterocycles. The molecule has 0 aliphatic carbocycles. The van der Waals surface area contributed by atoms with E-state index in [4.69, 9.17) is 4.42 Å². The molecule has 1 amide bonds. The first-order valence-corrected chi connectivity index (χ1v) is 10.9. The molecule has 164 valence electrons. The molecule has 1 atom stereocenters. The summed E-state index contributed by atoms with van der Waals surface area (Å²) in [5.41, 5.74) is 3.75. The van der Waals surface area contributed by atoms with Gasteiger partial charge in [0.25, 0.3) is 5.56 Å². The van der Waals surface area contributed by atoms with Gasteiger partial charge in [-0.05, 0) is 63.8 Å². The van der Waals surface area contributed by atoms with Gasteiger partial charge in [-0.25, -0.2) is 4.68 Å². The Kier molecular flexibility index (Phi) is 6.06. The number of piperidine rings is 1. The maximum absolute atomic E-state index is 13.0. The van der Waals surface area contributed by atoms with E-state index in [1.54, 1.807) is 18.4 Å². The number of likely N-dealkylation sites (tertiary alicyclic amines) is 1. The van der Waals surface area contributed by atoms with Crippen LogP contribution in [-0.4, -0.2) is 43.5 Å². The molecule has 0 radical (unpaired) electrons. The largest absolute Gasteiger partial charge is 0.463 e. The Bertz CT molecular complexity index is 1110. The second-order valence-electron chi connectivity index (χ2n) is 8.08. The van der Waals surface area contributed by atoms with E-state index >= 15 is 0 Å². The van der Waals surface area contributed by atoms with Crippen LogP contribution in [0.2, 0.25) is 0 Å². The lowest BCUT2D eigenvalue weighted by Crippen LogP contribution is -2.43. The van der Waals surface area contributed by atoms with Gasteiger partial charge >= 0.3 is 0 Å². The number of furan rings is 1. The summed E-state index contributed by atoms with van der Waals surface area (Å²) in [6, 6.07) is 6.67. The Balaban J connectivity index is 1.45. The molecule has 0 saturated carbocycles. The molecule has 0 spiro atoms. The van der Waals surface area contributed by atoms with Gasteiger partial charge in [0, 0.05) is 37.8 Å². The number of nitrogens with zero attached hydrogens (tertiary/aromatic N) is 5. The third kappa shape index (κ3) is 4.33. The zero-order valence-corrected chi connectivity index (χ0v) is 18.4. The molecule has 1 aliphatic rings. The minimum Gasteiger partial charge on any atom is -0.463 e. The standard InChI is InChI=1S/C23H29N5O3/c1-4-27-17(3)19(16(2)24-27)9-11-22(29)26-13-5-7-18(15-26)28-23(30)12-10-20(25-28)21-8-6-14-31-21/h6,8,10,12,14,18H,4-5,7,9,11,13,15H2,1-3H3. The molecule has 8 nitrogen and oxygen atoms in total. The van der Waals surface area contributed by atoms with Crippen LogP contribution in [0.25, 0.3) is 11.5 Å². The molecule has 0 bridgehead atoms. The number of carbonyl (C=O) groups excluding carboxylic acids is 1. The van der Waals surface area contributed by atoms with Gasteiger partial charge in [0.15, 0.2) is 5.76 Å². The summed E-state index contributed by atoms with van der Waals surface area (Å²) >= 11 is 0. The molecular weight excluding hydrogens is 394 g/mol. The summed E-state index contributed by atoms with van der Waals surface area (Å²) < 4.78 is 8.91. The third-order valence-electron chi connectivity index (χ3n) is 6.11. The summed E-state index contributed by atoms with van der Waals surface area (Å²) in [4.78, 5) is 27.3. The summed E-state index contributed by atoms with van der Waals surface area (Å²) in [6.07, 6.45) is 4.38. The third-order valence-corrected chi connectivity index (χ3v) is 6.11. The Labute approximate surface area is 181 Å². The van der Waals surface area contributed by atoms with E-state index in [-0.39, 0.29) is 17.5 Å². The number of hydrogen-bond donors (Lipinski definition) is 0. The fraction of sp³-hybridized carbons (Fsp3) is 0.478. The van der Waals surface area contributed by atoms with Crippen molar-refractivity contribution in [2.75, 3.05) is 13.1 Å². The molecule has 0 aromatic carbocycles. The van der Waals surface area contributed by atoms with E-state index in [2.05, 4.69) is 24.0 Å². The molecule has 4 heterocycles. The second kappa shape index (κ2) is 8.91. The molecule has 1 unspecified atom stereocenters. The minimum atomic E-state index is -0.159. The van der Waals surface area contributed by atoms with Gasteiger partial charge in [-0.3, -0.25) is 14.3 Å². The van der Waals surface area contributed by atoms with Gasteiger partial charge < -0.3 is 9.32 Å². The highest BCUT2D eigenvalue weighted by atomic mass is 16.3. The zero-order valence-electron chi connectivity index (χ0n) is 18.4.